The average molecular weight is 272 g/mol. The molecule has 0 aliphatic heterocycles. The van der Waals surface area contributed by atoms with Gasteiger partial charge >= 0.3 is 0 Å². The SMILES string of the molecule is CCc1cc(Cn2cc3c(c2)C(NC)CCC3)n(C)n1. The molecule has 0 saturated carbocycles. The summed E-state index contributed by atoms with van der Waals surface area (Å²) in [5.41, 5.74) is 5.44. The van der Waals surface area contributed by atoms with Gasteiger partial charge in [-0.2, -0.15) is 5.10 Å². The number of rotatable bonds is 4. The number of aromatic nitrogens is 3. The molecule has 2 heterocycles. The number of aryl methyl sites for hydroxylation is 3. The Morgan fingerprint density at radius 1 is 1.40 bits per heavy atom. The van der Waals surface area contributed by atoms with Crippen LogP contribution < -0.4 is 5.32 Å². The first kappa shape index (κ1) is 13.4. The van der Waals surface area contributed by atoms with Gasteiger partial charge in [-0.1, -0.05) is 6.92 Å². The minimum Gasteiger partial charge on any atom is -0.348 e. The van der Waals surface area contributed by atoms with Crippen LogP contribution in [-0.2, 0) is 26.4 Å². The molecule has 2 aromatic rings. The molecule has 0 radical (unpaired) electrons. The summed E-state index contributed by atoms with van der Waals surface area (Å²) in [4.78, 5) is 0. The van der Waals surface area contributed by atoms with Gasteiger partial charge < -0.3 is 9.88 Å². The third kappa shape index (κ3) is 2.40. The van der Waals surface area contributed by atoms with Gasteiger partial charge in [0.15, 0.2) is 0 Å². The number of hydrogen-bond donors (Lipinski definition) is 1. The fourth-order valence-corrected chi connectivity index (χ4v) is 3.22. The Kier molecular flexibility index (Phi) is 3.66. The molecule has 108 valence electrons. The molecule has 1 N–H and O–H groups in total. The second-order valence-electron chi connectivity index (χ2n) is 5.75. The van der Waals surface area contributed by atoms with Crippen molar-refractivity contribution in [3.05, 3.63) is 41.0 Å². The van der Waals surface area contributed by atoms with E-state index in [1.165, 1.54) is 41.8 Å². The van der Waals surface area contributed by atoms with Gasteiger partial charge in [-0.3, -0.25) is 4.68 Å². The summed E-state index contributed by atoms with van der Waals surface area (Å²) in [7, 11) is 4.10. The smallest absolute Gasteiger partial charge is 0.0639 e. The van der Waals surface area contributed by atoms with Crippen molar-refractivity contribution in [2.45, 2.75) is 45.2 Å². The molecular weight excluding hydrogens is 248 g/mol. The summed E-state index contributed by atoms with van der Waals surface area (Å²) in [6, 6.07) is 2.74. The Labute approximate surface area is 120 Å². The second-order valence-corrected chi connectivity index (χ2v) is 5.75. The maximum Gasteiger partial charge on any atom is 0.0639 e. The van der Waals surface area contributed by atoms with Crippen molar-refractivity contribution in [3.63, 3.8) is 0 Å². The van der Waals surface area contributed by atoms with Crippen molar-refractivity contribution in [1.82, 2.24) is 19.7 Å². The van der Waals surface area contributed by atoms with Gasteiger partial charge in [0, 0.05) is 25.5 Å². The number of fused-ring (bicyclic) bond motifs is 1. The van der Waals surface area contributed by atoms with Crippen molar-refractivity contribution >= 4 is 0 Å². The first-order valence-corrected chi connectivity index (χ1v) is 7.59. The molecule has 4 nitrogen and oxygen atoms in total. The number of nitrogens with one attached hydrogen (secondary N) is 1. The van der Waals surface area contributed by atoms with Crippen molar-refractivity contribution in [1.29, 1.82) is 0 Å². The first-order chi connectivity index (χ1) is 9.71. The predicted molar refractivity (Wildman–Crippen MR) is 80.9 cm³/mol. The Bertz CT molecular complexity index is 594. The molecule has 1 aliphatic carbocycles. The average Bonchev–Trinajstić information content (AvgIpc) is 3.02. The van der Waals surface area contributed by atoms with Crippen LogP contribution in [0.5, 0.6) is 0 Å². The summed E-state index contributed by atoms with van der Waals surface area (Å²) in [5, 5.41) is 7.96. The molecule has 0 spiro atoms. The lowest BCUT2D eigenvalue weighted by Gasteiger charge is -2.21. The van der Waals surface area contributed by atoms with Crippen LogP contribution in [0.1, 0.15) is 48.3 Å². The van der Waals surface area contributed by atoms with E-state index >= 15 is 0 Å². The first-order valence-electron chi connectivity index (χ1n) is 7.59. The van der Waals surface area contributed by atoms with E-state index in [0.717, 1.165) is 13.0 Å². The molecule has 0 aromatic carbocycles. The van der Waals surface area contributed by atoms with Crippen LogP contribution in [0.2, 0.25) is 0 Å². The zero-order valence-corrected chi connectivity index (χ0v) is 12.7. The molecule has 4 heteroatoms. The van der Waals surface area contributed by atoms with E-state index in [1.54, 1.807) is 0 Å². The van der Waals surface area contributed by atoms with E-state index < -0.39 is 0 Å². The topological polar surface area (TPSA) is 34.8 Å². The normalized spacial score (nSPS) is 18.2. The lowest BCUT2D eigenvalue weighted by atomic mass is 9.91. The van der Waals surface area contributed by atoms with Crippen LogP contribution in [0.15, 0.2) is 18.5 Å². The summed E-state index contributed by atoms with van der Waals surface area (Å²) in [6.07, 6.45) is 9.38. The van der Waals surface area contributed by atoms with Gasteiger partial charge in [0.05, 0.1) is 17.9 Å². The quantitative estimate of drug-likeness (QED) is 0.927. The van der Waals surface area contributed by atoms with Crippen molar-refractivity contribution < 1.29 is 0 Å². The van der Waals surface area contributed by atoms with Crippen LogP contribution >= 0.6 is 0 Å². The van der Waals surface area contributed by atoms with E-state index in [0.29, 0.717) is 6.04 Å². The molecule has 0 fully saturated rings. The van der Waals surface area contributed by atoms with Crippen LogP contribution in [0.3, 0.4) is 0 Å². The molecule has 20 heavy (non-hydrogen) atoms. The third-order valence-corrected chi connectivity index (χ3v) is 4.39. The Balaban J connectivity index is 1.84. The van der Waals surface area contributed by atoms with Crippen LogP contribution in [0, 0.1) is 0 Å². The minimum absolute atomic E-state index is 0.526. The molecule has 0 amide bonds. The van der Waals surface area contributed by atoms with Gasteiger partial charge in [-0.05, 0) is 49.9 Å². The van der Waals surface area contributed by atoms with E-state index in [9.17, 15) is 0 Å². The second kappa shape index (κ2) is 5.44. The van der Waals surface area contributed by atoms with Crippen molar-refractivity contribution in [2.75, 3.05) is 7.05 Å². The van der Waals surface area contributed by atoms with Gasteiger partial charge in [0.2, 0.25) is 0 Å². The highest BCUT2D eigenvalue weighted by molar-refractivity contribution is 5.30. The summed E-state index contributed by atoms with van der Waals surface area (Å²) < 4.78 is 4.32. The third-order valence-electron chi connectivity index (χ3n) is 4.39. The Morgan fingerprint density at radius 3 is 2.95 bits per heavy atom. The summed E-state index contributed by atoms with van der Waals surface area (Å²) >= 11 is 0. The van der Waals surface area contributed by atoms with Gasteiger partial charge in [0.1, 0.15) is 0 Å². The zero-order chi connectivity index (χ0) is 14.1. The zero-order valence-electron chi connectivity index (χ0n) is 12.7. The Morgan fingerprint density at radius 2 is 2.25 bits per heavy atom. The molecule has 1 unspecified atom stereocenters. The number of hydrogen-bond acceptors (Lipinski definition) is 2. The molecule has 1 atom stereocenters. The predicted octanol–water partition coefficient (Wildman–Crippen LogP) is 2.43. The monoisotopic (exact) mass is 272 g/mol. The lowest BCUT2D eigenvalue weighted by Crippen LogP contribution is -2.20. The van der Waals surface area contributed by atoms with Crippen LogP contribution in [0.4, 0.5) is 0 Å². The molecule has 1 aliphatic rings. The van der Waals surface area contributed by atoms with Crippen molar-refractivity contribution in [3.8, 4) is 0 Å². The molecular formula is C16H24N4. The maximum absolute atomic E-state index is 4.53. The largest absolute Gasteiger partial charge is 0.348 e. The van der Waals surface area contributed by atoms with Gasteiger partial charge in [0.25, 0.3) is 0 Å². The van der Waals surface area contributed by atoms with E-state index in [2.05, 4.69) is 47.4 Å². The number of nitrogens with zero attached hydrogens (tertiary/aromatic N) is 3. The highest BCUT2D eigenvalue weighted by Gasteiger charge is 2.20. The maximum atomic E-state index is 4.53. The lowest BCUT2D eigenvalue weighted by molar-refractivity contribution is 0.498. The van der Waals surface area contributed by atoms with Crippen molar-refractivity contribution in [2.24, 2.45) is 7.05 Å². The van der Waals surface area contributed by atoms with E-state index in [4.69, 9.17) is 0 Å². The molecule has 3 rings (SSSR count). The fraction of sp³-hybridized carbons (Fsp3) is 0.562. The molecule has 0 saturated heterocycles. The highest BCUT2D eigenvalue weighted by Crippen LogP contribution is 2.30. The van der Waals surface area contributed by atoms with Gasteiger partial charge in [-0.15, -0.1) is 0 Å². The minimum atomic E-state index is 0.526. The van der Waals surface area contributed by atoms with E-state index in [1.807, 2.05) is 11.7 Å². The highest BCUT2D eigenvalue weighted by atomic mass is 15.3. The standard InChI is InChI=1S/C16H24N4/c1-4-13-8-14(19(3)18-13)10-20-9-12-6-5-7-16(17-2)15(12)11-20/h8-9,11,16-17H,4-7,10H2,1-3H3. The molecule has 2 aromatic heterocycles. The fourth-order valence-electron chi connectivity index (χ4n) is 3.22. The summed E-state index contributed by atoms with van der Waals surface area (Å²) in [6.45, 7) is 3.06. The van der Waals surface area contributed by atoms with Crippen LogP contribution in [0.25, 0.3) is 0 Å². The molecule has 0 bridgehead atoms. The van der Waals surface area contributed by atoms with E-state index in [-0.39, 0.29) is 0 Å². The Hall–Kier alpha value is -1.55. The summed E-state index contributed by atoms with van der Waals surface area (Å²) in [5.74, 6) is 0. The van der Waals surface area contributed by atoms with Crippen LogP contribution in [-0.4, -0.2) is 21.4 Å². The van der Waals surface area contributed by atoms with Gasteiger partial charge in [-0.25, -0.2) is 0 Å².